The van der Waals surface area contributed by atoms with E-state index in [2.05, 4.69) is 9.71 Å². The minimum atomic E-state index is -3.78. The fraction of sp³-hybridized carbons (Fsp3) is 0.174. The maximum Gasteiger partial charge on any atom is 0.262 e. The monoisotopic (exact) mass is 404 g/mol. The molecular formula is C23H20N2O3S. The number of hydrogen-bond acceptors (Lipinski definition) is 4. The quantitative estimate of drug-likeness (QED) is 0.478. The molecule has 0 radical (unpaired) electrons. The Kier molecular flexibility index (Phi) is 4.17. The predicted octanol–water partition coefficient (Wildman–Crippen LogP) is 5.48. The lowest BCUT2D eigenvalue weighted by atomic mass is 10.1. The first-order valence-electron chi connectivity index (χ1n) is 9.58. The van der Waals surface area contributed by atoms with Crippen molar-refractivity contribution in [2.24, 2.45) is 0 Å². The first-order valence-corrected chi connectivity index (χ1v) is 11.1. The Morgan fingerprint density at radius 3 is 2.66 bits per heavy atom. The van der Waals surface area contributed by atoms with Crippen molar-refractivity contribution in [1.82, 2.24) is 4.98 Å². The summed E-state index contributed by atoms with van der Waals surface area (Å²) >= 11 is 0. The molecule has 1 heterocycles. The van der Waals surface area contributed by atoms with E-state index in [4.69, 9.17) is 4.42 Å². The van der Waals surface area contributed by atoms with Gasteiger partial charge in [-0.05, 0) is 42.8 Å². The summed E-state index contributed by atoms with van der Waals surface area (Å²) in [7, 11) is -3.78. The zero-order chi connectivity index (χ0) is 20.0. The van der Waals surface area contributed by atoms with Crippen LogP contribution in [-0.2, 0) is 10.0 Å². The summed E-state index contributed by atoms with van der Waals surface area (Å²) in [5.74, 6) is 1.73. The first kappa shape index (κ1) is 17.9. The molecule has 146 valence electrons. The van der Waals surface area contributed by atoms with Crippen molar-refractivity contribution < 1.29 is 12.8 Å². The molecule has 0 amide bonds. The molecule has 6 heteroatoms. The van der Waals surface area contributed by atoms with Crippen molar-refractivity contribution in [1.29, 1.82) is 0 Å². The minimum absolute atomic E-state index is 0.229. The summed E-state index contributed by atoms with van der Waals surface area (Å²) in [6.45, 7) is 1.79. The van der Waals surface area contributed by atoms with Gasteiger partial charge in [-0.1, -0.05) is 48.5 Å². The highest BCUT2D eigenvalue weighted by Crippen LogP contribution is 2.40. The number of sulfonamides is 1. The number of hydrogen-bond donors (Lipinski definition) is 1. The SMILES string of the molecule is Cc1ccc(-c2cnc(C3CC3)o2)cc1S(=O)(=O)Nc1cccc2ccccc12. The van der Waals surface area contributed by atoms with Gasteiger partial charge >= 0.3 is 0 Å². The van der Waals surface area contributed by atoms with Crippen molar-refractivity contribution >= 4 is 26.5 Å². The van der Waals surface area contributed by atoms with E-state index >= 15 is 0 Å². The summed E-state index contributed by atoms with van der Waals surface area (Å²) in [5.41, 5.74) is 1.93. The van der Waals surface area contributed by atoms with Crippen LogP contribution in [0.25, 0.3) is 22.1 Å². The van der Waals surface area contributed by atoms with E-state index < -0.39 is 10.0 Å². The molecular weight excluding hydrogens is 384 g/mol. The number of benzene rings is 3. The average molecular weight is 404 g/mol. The third-order valence-electron chi connectivity index (χ3n) is 5.25. The molecule has 0 atom stereocenters. The van der Waals surface area contributed by atoms with Crippen LogP contribution in [-0.4, -0.2) is 13.4 Å². The van der Waals surface area contributed by atoms with Gasteiger partial charge in [0.1, 0.15) is 0 Å². The van der Waals surface area contributed by atoms with E-state index in [-0.39, 0.29) is 4.90 Å². The van der Waals surface area contributed by atoms with E-state index in [0.29, 0.717) is 28.5 Å². The number of nitrogens with one attached hydrogen (secondary N) is 1. The number of aromatic nitrogens is 1. The first-order chi connectivity index (χ1) is 14.0. The maximum absolute atomic E-state index is 13.2. The highest BCUT2D eigenvalue weighted by atomic mass is 32.2. The predicted molar refractivity (Wildman–Crippen MR) is 113 cm³/mol. The lowest BCUT2D eigenvalue weighted by molar-refractivity contribution is 0.509. The highest BCUT2D eigenvalue weighted by molar-refractivity contribution is 7.92. The summed E-state index contributed by atoms with van der Waals surface area (Å²) in [6.07, 6.45) is 3.87. The maximum atomic E-state index is 13.2. The van der Waals surface area contributed by atoms with Crippen LogP contribution in [0.15, 0.2) is 76.2 Å². The molecule has 1 saturated carbocycles. The average Bonchev–Trinajstić information content (AvgIpc) is 3.45. The molecule has 1 aromatic heterocycles. The van der Waals surface area contributed by atoms with Crippen molar-refractivity contribution in [3.8, 4) is 11.3 Å². The fourth-order valence-corrected chi connectivity index (χ4v) is 4.85. The zero-order valence-electron chi connectivity index (χ0n) is 15.9. The molecule has 29 heavy (non-hydrogen) atoms. The molecule has 0 spiro atoms. The molecule has 5 rings (SSSR count). The topological polar surface area (TPSA) is 72.2 Å². The smallest absolute Gasteiger partial charge is 0.262 e. The van der Waals surface area contributed by atoms with Gasteiger partial charge in [0.2, 0.25) is 0 Å². The van der Waals surface area contributed by atoms with Crippen LogP contribution >= 0.6 is 0 Å². The van der Waals surface area contributed by atoms with Gasteiger partial charge in [-0.3, -0.25) is 4.72 Å². The van der Waals surface area contributed by atoms with Gasteiger partial charge in [-0.15, -0.1) is 0 Å². The Bertz CT molecular complexity index is 1320. The van der Waals surface area contributed by atoms with Gasteiger partial charge < -0.3 is 4.42 Å². The van der Waals surface area contributed by atoms with Gasteiger partial charge in [0.05, 0.1) is 16.8 Å². The molecule has 5 nitrogen and oxygen atoms in total. The molecule has 1 aliphatic carbocycles. The van der Waals surface area contributed by atoms with Gasteiger partial charge in [-0.2, -0.15) is 0 Å². The number of fused-ring (bicyclic) bond motifs is 1. The molecule has 0 saturated heterocycles. The largest absolute Gasteiger partial charge is 0.440 e. The molecule has 1 N–H and O–H groups in total. The summed E-state index contributed by atoms with van der Waals surface area (Å²) in [4.78, 5) is 4.57. The Hall–Kier alpha value is -3.12. The van der Waals surface area contributed by atoms with E-state index in [9.17, 15) is 8.42 Å². The van der Waals surface area contributed by atoms with Gasteiger partial charge in [0.15, 0.2) is 11.7 Å². The van der Waals surface area contributed by atoms with Crippen molar-refractivity contribution in [3.63, 3.8) is 0 Å². The van der Waals surface area contributed by atoms with Crippen LogP contribution in [0.2, 0.25) is 0 Å². The summed E-state index contributed by atoms with van der Waals surface area (Å²) in [6, 6.07) is 18.6. The van der Waals surface area contributed by atoms with Crippen molar-refractivity contribution in [2.75, 3.05) is 4.72 Å². The van der Waals surface area contributed by atoms with Crippen LogP contribution in [0.1, 0.15) is 30.2 Å². The molecule has 0 unspecified atom stereocenters. The molecule has 0 aliphatic heterocycles. The lowest BCUT2D eigenvalue weighted by Gasteiger charge is -2.13. The number of nitrogens with zero attached hydrogens (tertiary/aromatic N) is 1. The fourth-order valence-electron chi connectivity index (χ4n) is 3.50. The van der Waals surface area contributed by atoms with Crippen LogP contribution in [0, 0.1) is 6.92 Å². The third-order valence-corrected chi connectivity index (χ3v) is 6.75. The second-order valence-corrected chi connectivity index (χ2v) is 9.10. The summed E-state index contributed by atoms with van der Waals surface area (Å²) in [5, 5.41) is 1.84. The second kappa shape index (κ2) is 6.74. The molecule has 3 aromatic carbocycles. The highest BCUT2D eigenvalue weighted by Gasteiger charge is 2.29. The van der Waals surface area contributed by atoms with Gasteiger partial charge in [0, 0.05) is 16.9 Å². The van der Waals surface area contributed by atoms with Crippen molar-refractivity contribution in [2.45, 2.75) is 30.6 Å². The summed E-state index contributed by atoms with van der Waals surface area (Å²) < 4.78 is 35.0. The standard InChI is InChI=1S/C23H20N2O3S/c1-15-9-10-18(21-14-24-23(28-21)17-11-12-17)13-22(15)29(26,27)25-20-8-4-6-16-5-2-3-7-19(16)20/h2-10,13-14,17,25H,11-12H2,1H3. The third kappa shape index (κ3) is 3.40. The van der Waals surface area contributed by atoms with Crippen molar-refractivity contribution in [3.05, 3.63) is 78.3 Å². The Morgan fingerprint density at radius 2 is 1.83 bits per heavy atom. The zero-order valence-corrected chi connectivity index (χ0v) is 16.7. The van der Waals surface area contributed by atoms with Gasteiger partial charge in [-0.25, -0.2) is 13.4 Å². The van der Waals surface area contributed by atoms with E-state index in [1.807, 2.05) is 42.5 Å². The molecule has 0 bridgehead atoms. The van der Waals surface area contributed by atoms with Crippen LogP contribution < -0.4 is 4.72 Å². The van der Waals surface area contributed by atoms with E-state index in [1.54, 1.807) is 31.3 Å². The normalized spacial score (nSPS) is 14.2. The van der Waals surface area contributed by atoms with Crippen LogP contribution in [0.5, 0.6) is 0 Å². The lowest BCUT2D eigenvalue weighted by Crippen LogP contribution is -2.14. The Morgan fingerprint density at radius 1 is 1.03 bits per heavy atom. The minimum Gasteiger partial charge on any atom is -0.440 e. The molecule has 1 fully saturated rings. The number of anilines is 1. The van der Waals surface area contributed by atoms with Crippen LogP contribution in [0.3, 0.4) is 0 Å². The Balaban J connectivity index is 1.53. The van der Waals surface area contributed by atoms with Gasteiger partial charge in [0.25, 0.3) is 10.0 Å². The molecule has 4 aromatic rings. The number of aryl methyl sites for hydroxylation is 1. The number of rotatable bonds is 5. The second-order valence-electron chi connectivity index (χ2n) is 7.45. The Labute approximate surface area is 169 Å². The van der Waals surface area contributed by atoms with Crippen LogP contribution in [0.4, 0.5) is 5.69 Å². The molecule has 1 aliphatic rings. The van der Waals surface area contributed by atoms with E-state index in [1.165, 1.54) is 0 Å². The number of oxazole rings is 1. The van der Waals surface area contributed by atoms with E-state index in [0.717, 1.165) is 29.5 Å².